The largest absolute Gasteiger partial charge is 0.379 e. The zero-order valence-electron chi connectivity index (χ0n) is 18.8. The molecule has 3 aromatic rings. The number of nitro groups is 1. The topological polar surface area (TPSA) is 95.2 Å². The van der Waals surface area contributed by atoms with Crippen molar-refractivity contribution in [1.82, 2.24) is 4.90 Å². The van der Waals surface area contributed by atoms with Crippen molar-refractivity contribution in [3.05, 3.63) is 111 Å². The van der Waals surface area contributed by atoms with E-state index in [9.17, 15) is 10.1 Å². The van der Waals surface area contributed by atoms with E-state index in [4.69, 9.17) is 0 Å². The third kappa shape index (κ3) is 6.35. The molecule has 3 aromatic carbocycles. The molecule has 2 N–H and O–H groups in total. The normalized spacial score (nSPS) is 15.4. The summed E-state index contributed by atoms with van der Waals surface area (Å²) in [4.78, 5) is 13.0. The summed E-state index contributed by atoms with van der Waals surface area (Å²) >= 11 is 1.34. The average Bonchev–Trinajstić information content (AvgIpc) is 3.19. The maximum absolute atomic E-state index is 10.8. The monoisotopic (exact) mass is 474 g/mol. The Morgan fingerprint density at radius 3 is 2.24 bits per heavy atom. The summed E-state index contributed by atoms with van der Waals surface area (Å²) in [6.45, 7) is 1.11. The van der Waals surface area contributed by atoms with Crippen molar-refractivity contribution in [2.24, 2.45) is 10.2 Å². The summed E-state index contributed by atoms with van der Waals surface area (Å²) in [6, 6.07) is 26.2. The van der Waals surface area contributed by atoms with Gasteiger partial charge in [-0.15, -0.1) is 0 Å². The van der Waals surface area contributed by atoms with Crippen LogP contribution in [0.3, 0.4) is 0 Å². The molecule has 0 saturated heterocycles. The lowest BCUT2D eigenvalue weighted by molar-refractivity contribution is -0.469. The highest BCUT2D eigenvalue weighted by atomic mass is 32.2. The molecule has 1 aliphatic heterocycles. The number of rotatable bonds is 10. The van der Waals surface area contributed by atoms with E-state index in [1.54, 1.807) is 6.20 Å². The number of hydrogen-bond donors (Lipinski definition) is 2. The fourth-order valence-corrected chi connectivity index (χ4v) is 4.50. The summed E-state index contributed by atoms with van der Waals surface area (Å²) in [5, 5.41) is 26.9. The molecule has 0 aliphatic carbocycles. The van der Waals surface area contributed by atoms with E-state index in [1.807, 2.05) is 66.5 Å². The Morgan fingerprint density at radius 2 is 1.59 bits per heavy atom. The molecule has 0 aromatic heterocycles. The van der Waals surface area contributed by atoms with Crippen LogP contribution in [0.5, 0.6) is 0 Å². The molecular formula is C25H26N6O2S. The lowest BCUT2D eigenvalue weighted by atomic mass is 10.1. The molecule has 0 radical (unpaired) electrons. The Kier molecular flexibility index (Phi) is 7.77. The molecule has 9 heteroatoms. The number of para-hydroxylation sites is 1. The molecule has 4 rings (SSSR count). The smallest absolute Gasteiger partial charge is 0.236 e. The van der Waals surface area contributed by atoms with E-state index in [0.29, 0.717) is 23.7 Å². The standard InChI is InChI=1S/C25H26N6O2S/c1-30-17-21(18-31(32)33)34-25(30)29-28-23-14-8-13-22(26-15-19-9-4-2-5-10-19)24(23)27-16-20-11-6-3-7-12-20/h2-14,17,25-27H,15-16,18H2,1H3. The molecule has 8 nitrogen and oxygen atoms in total. The van der Waals surface area contributed by atoms with Crippen molar-refractivity contribution in [2.75, 3.05) is 24.2 Å². The summed E-state index contributed by atoms with van der Waals surface area (Å²) < 4.78 is 0. The maximum Gasteiger partial charge on any atom is 0.236 e. The van der Waals surface area contributed by atoms with Crippen LogP contribution in [0.4, 0.5) is 17.1 Å². The number of nitrogens with zero attached hydrogens (tertiary/aromatic N) is 4. The van der Waals surface area contributed by atoms with Crippen LogP contribution < -0.4 is 10.6 Å². The molecular weight excluding hydrogens is 448 g/mol. The number of anilines is 2. The van der Waals surface area contributed by atoms with Gasteiger partial charge in [-0.1, -0.05) is 78.5 Å². The van der Waals surface area contributed by atoms with Crippen molar-refractivity contribution in [3.8, 4) is 0 Å². The van der Waals surface area contributed by atoms with Crippen LogP contribution in [-0.4, -0.2) is 28.9 Å². The first-order chi connectivity index (χ1) is 16.6. The molecule has 1 unspecified atom stereocenters. The van der Waals surface area contributed by atoms with Gasteiger partial charge < -0.3 is 15.5 Å². The van der Waals surface area contributed by atoms with E-state index >= 15 is 0 Å². The Hall–Kier alpha value is -3.85. The van der Waals surface area contributed by atoms with Crippen LogP contribution in [0.2, 0.25) is 0 Å². The maximum atomic E-state index is 10.8. The fraction of sp³-hybridized carbons (Fsp3) is 0.200. The lowest BCUT2D eigenvalue weighted by Crippen LogP contribution is -2.16. The van der Waals surface area contributed by atoms with Crippen LogP contribution in [0.1, 0.15) is 11.1 Å². The molecule has 0 amide bonds. The quantitative estimate of drug-likeness (QED) is 0.210. The van der Waals surface area contributed by atoms with Crippen LogP contribution in [-0.2, 0) is 13.1 Å². The van der Waals surface area contributed by atoms with Gasteiger partial charge in [0, 0.05) is 31.3 Å². The van der Waals surface area contributed by atoms with Crippen molar-refractivity contribution < 1.29 is 4.92 Å². The van der Waals surface area contributed by atoms with Gasteiger partial charge in [-0.05, 0) is 23.3 Å². The Balaban J connectivity index is 1.54. The molecule has 0 saturated carbocycles. The van der Waals surface area contributed by atoms with Gasteiger partial charge in [0.1, 0.15) is 5.69 Å². The minimum absolute atomic E-state index is 0.205. The minimum atomic E-state index is -0.335. The highest BCUT2D eigenvalue weighted by Crippen LogP contribution is 2.37. The first kappa shape index (κ1) is 23.3. The van der Waals surface area contributed by atoms with E-state index < -0.39 is 0 Å². The van der Waals surface area contributed by atoms with Crippen molar-refractivity contribution in [2.45, 2.75) is 18.6 Å². The van der Waals surface area contributed by atoms with Gasteiger partial charge in [0.05, 0.1) is 16.3 Å². The molecule has 0 spiro atoms. The molecule has 1 aliphatic rings. The predicted octanol–water partition coefficient (Wildman–Crippen LogP) is 6.07. The number of nitrogens with one attached hydrogen (secondary N) is 2. The first-order valence-corrected chi connectivity index (χ1v) is 11.8. The SMILES string of the molecule is CN1C=C(C[N+](=O)[O-])SC1N=Nc1cccc(NCc2ccccc2)c1NCc1ccccc1. The fourth-order valence-electron chi connectivity index (χ4n) is 3.50. The Labute approximate surface area is 202 Å². The van der Waals surface area contributed by atoms with Gasteiger partial charge in [0.25, 0.3) is 0 Å². The highest BCUT2D eigenvalue weighted by molar-refractivity contribution is 8.03. The summed E-state index contributed by atoms with van der Waals surface area (Å²) in [7, 11) is 1.84. The van der Waals surface area contributed by atoms with Crippen molar-refractivity contribution >= 4 is 28.8 Å². The molecule has 1 atom stereocenters. The summed E-state index contributed by atoms with van der Waals surface area (Å²) in [5.41, 5.74) is 4.48. The number of thioether (sulfide) groups is 1. The minimum Gasteiger partial charge on any atom is -0.379 e. The van der Waals surface area contributed by atoms with E-state index in [1.165, 1.54) is 17.3 Å². The van der Waals surface area contributed by atoms with Gasteiger partial charge in [-0.25, -0.2) is 0 Å². The van der Waals surface area contributed by atoms with Crippen LogP contribution in [0, 0.1) is 10.1 Å². The van der Waals surface area contributed by atoms with E-state index in [0.717, 1.165) is 16.9 Å². The van der Waals surface area contributed by atoms with Gasteiger partial charge in [-0.3, -0.25) is 10.1 Å². The zero-order chi connectivity index (χ0) is 23.8. The van der Waals surface area contributed by atoms with E-state index in [-0.39, 0.29) is 17.0 Å². The van der Waals surface area contributed by atoms with Gasteiger partial charge in [-0.2, -0.15) is 10.2 Å². The molecule has 0 bridgehead atoms. The van der Waals surface area contributed by atoms with Gasteiger partial charge in [0.15, 0.2) is 5.50 Å². The Morgan fingerprint density at radius 1 is 0.941 bits per heavy atom. The van der Waals surface area contributed by atoms with Crippen molar-refractivity contribution in [3.63, 3.8) is 0 Å². The van der Waals surface area contributed by atoms with Crippen molar-refractivity contribution in [1.29, 1.82) is 0 Å². The van der Waals surface area contributed by atoms with Gasteiger partial charge in [0.2, 0.25) is 6.54 Å². The second-order valence-electron chi connectivity index (χ2n) is 7.79. The van der Waals surface area contributed by atoms with Crippen LogP contribution in [0.15, 0.2) is 100 Å². The number of hydrogen-bond acceptors (Lipinski definition) is 8. The molecule has 34 heavy (non-hydrogen) atoms. The number of benzene rings is 3. The third-order valence-electron chi connectivity index (χ3n) is 5.18. The highest BCUT2D eigenvalue weighted by Gasteiger charge is 2.25. The predicted molar refractivity (Wildman–Crippen MR) is 138 cm³/mol. The van der Waals surface area contributed by atoms with E-state index in [2.05, 4.69) is 45.1 Å². The molecule has 1 heterocycles. The average molecular weight is 475 g/mol. The van der Waals surface area contributed by atoms with Crippen LogP contribution >= 0.6 is 11.8 Å². The third-order valence-corrected chi connectivity index (χ3v) is 6.36. The second-order valence-corrected chi connectivity index (χ2v) is 8.97. The van der Waals surface area contributed by atoms with Gasteiger partial charge >= 0.3 is 0 Å². The lowest BCUT2D eigenvalue weighted by Gasteiger charge is -2.17. The molecule has 0 fully saturated rings. The Bertz CT molecular complexity index is 1170. The number of azo groups is 1. The van der Waals surface area contributed by atoms with Crippen LogP contribution in [0.25, 0.3) is 0 Å². The molecule has 174 valence electrons. The summed E-state index contributed by atoms with van der Waals surface area (Å²) in [5.74, 6) is 0. The zero-order valence-corrected chi connectivity index (χ0v) is 19.6. The first-order valence-electron chi connectivity index (χ1n) is 10.9. The summed E-state index contributed by atoms with van der Waals surface area (Å²) in [6.07, 6.45) is 1.75. The second kappa shape index (κ2) is 11.3.